The number of aromatic nitrogens is 3. The molecule has 1 aliphatic rings. The van der Waals surface area contributed by atoms with Gasteiger partial charge in [-0.1, -0.05) is 18.2 Å². The number of anilines is 1. The van der Waals surface area contributed by atoms with Gasteiger partial charge < -0.3 is 15.4 Å². The minimum Gasteiger partial charge on any atom is -0.474 e. The Balaban J connectivity index is 1.34. The first-order chi connectivity index (χ1) is 15.1. The molecule has 2 heterocycles. The van der Waals surface area contributed by atoms with E-state index in [2.05, 4.69) is 26.8 Å². The van der Waals surface area contributed by atoms with Crippen LogP contribution in [0.4, 0.5) is 10.5 Å². The maximum absolute atomic E-state index is 12.5. The lowest BCUT2D eigenvalue weighted by molar-refractivity contribution is 0.199. The SMILES string of the molecule is Cc1cc(C)n(Cc2cccc(NC(=O)NCc3cccnc3OC3CCCC3)c2)n1. The zero-order valence-electron chi connectivity index (χ0n) is 18.1. The summed E-state index contributed by atoms with van der Waals surface area (Å²) < 4.78 is 8.01. The molecule has 162 valence electrons. The van der Waals surface area contributed by atoms with Gasteiger partial charge in [-0.3, -0.25) is 4.68 Å². The second kappa shape index (κ2) is 9.64. The Morgan fingerprint density at radius 2 is 2.00 bits per heavy atom. The highest BCUT2D eigenvalue weighted by molar-refractivity contribution is 5.89. The van der Waals surface area contributed by atoms with Crippen molar-refractivity contribution in [2.45, 2.75) is 58.7 Å². The Labute approximate surface area is 182 Å². The van der Waals surface area contributed by atoms with E-state index in [0.717, 1.165) is 41.0 Å². The van der Waals surface area contributed by atoms with E-state index in [9.17, 15) is 4.79 Å². The third-order valence-electron chi connectivity index (χ3n) is 5.49. The zero-order valence-corrected chi connectivity index (χ0v) is 18.1. The standard InChI is InChI=1S/C24H29N5O2/c1-17-13-18(2)29(28-17)16-19-7-5-9-21(14-19)27-24(30)26-15-20-8-6-12-25-23(20)31-22-10-3-4-11-22/h5-9,12-14,22H,3-4,10-11,15-16H2,1-2H3,(H2,26,27,30). The quantitative estimate of drug-likeness (QED) is 0.587. The van der Waals surface area contributed by atoms with Crippen LogP contribution >= 0.6 is 0 Å². The highest BCUT2D eigenvalue weighted by atomic mass is 16.5. The number of benzene rings is 1. The molecule has 2 N–H and O–H groups in total. The Hall–Kier alpha value is -3.35. The van der Waals surface area contributed by atoms with E-state index in [-0.39, 0.29) is 12.1 Å². The summed E-state index contributed by atoms with van der Waals surface area (Å²) in [4.78, 5) is 16.8. The van der Waals surface area contributed by atoms with Crippen molar-refractivity contribution in [3.05, 3.63) is 71.2 Å². The number of pyridine rings is 1. The molecule has 0 radical (unpaired) electrons. The molecule has 1 fully saturated rings. The van der Waals surface area contributed by atoms with Gasteiger partial charge in [0.25, 0.3) is 0 Å². The third-order valence-corrected chi connectivity index (χ3v) is 5.49. The van der Waals surface area contributed by atoms with Gasteiger partial charge in [-0.25, -0.2) is 9.78 Å². The van der Waals surface area contributed by atoms with Crippen molar-refractivity contribution in [3.8, 4) is 5.88 Å². The average Bonchev–Trinajstić information content (AvgIpc) is 3.37. The molecule has 1 aromatic carbocycles. The number of aryl methyl sites for hydroxylation is 2. The van der Waals surface area contributed by atoms with Crippen molar-refractivity contribution >= 4 is 11.7 Å². The second-order valence-corrected chi connectivity index (χ2v) is 8.08. The van der Waals surface area contributed by atoms with E-state index >= 15 is 0 Å². The number of urea groups is 1. The molecule has 0 spiro atoms. The van der Waals surface area contributed by atoms with Gasteiger partial charge in [-0.2, -0.15) is 5.10 Å². The molecule has 7 heteroatoms. The number of carbonyl (C=O) groups excluding carboxylic acids is 1. The van der Waals surface area contributed by atoms with Crippen LogP contribution in [0.5, 0.6) is 5.88 Å². The number of hydrogen-bond acceptors (Lipinski definition) is 4. The minimum atomic E-state index is -0.265. The van der Waals surface area contributed by atoms with Gasteiger partial charge in [-0.05, 0) is 69.4 Å². The van der Waals surface area contributed by atoms with Gasteiger partial charge in [0.2, 0.25) is 5.88 Å². The Morgan fingerprint density at radius 3 is 2.77 bits per heavy atom. The predicted molar refractivity (Wildman–Crippen MR) is 120 cm³/mol. The molecule has 1 aliphatic carbocycles. The molecule has 3 aromatic rings. The van der Waals surface area contributed by atoms with Gasteiger partial charge in [-0.15, -0.1) is 0 Å². The summed E-state index contributed by atoms with van der Waals surface area (Å²) in [6.07, 6.45) is 6.49. The first-order valence-electron chi connectivity index (χ1n) is 10.8. The lowest BCUT2D eigenvalue weighted by atomic mass is 10.2. The molecule has 0 atom stereocenters. The summed E-state index contributed by atoms with van der Waals surface area (Å²) in [7, 11) is 0. The Kier molecular flexibility index (Phi) is 6.50. The summed E-state index contributed by atoms with van der Waals surface area (Å²) in [5.41, 5.74) is 4.80. The molecule has 0 aliphatic heterocycles. The molecule has 1 saturated carbocycles. The van der Waals surface area contributed by atoms with Crippen molar-refractivity contribution in [1.82, 2.24) is 20.1 Å². The highest BCUT2D eigenvalue weighted by Gasteiger charge is 2.18. The first kappa shape index (κ1) is 20.9. The van der Waals surface area contributed by atoms with Gasteiger partial charge in [0.1, 0.15) is 6.10 Å². The van der Waals surface area contributed by atoms with Crippen molar-refractivity contribution in [2.75, 3.05) is 5.32 Å². The van der Waals surface area contributed by atoms with Gasteiger partial charge in [0, 0.05) is 29.7 Å². The fourth-order valence-electron chi connectivity index (χ4n) is 3.94. The van der Waals surface area contributed by atoms with Crippen LogP contribution in [-0.2, 0) is 13.1 Å². The van der Waals surface area contributed by atoms with Crippen molar-refractivity contribution < 1.29 is 9.53 Å². The van der Waals surface area contributed by atoms with Gasteiger partial charge in [0.15, 0.2) is 0 Å². The summed E-state index contributed by atoms with van der Waals surface area (Å²) in [5.74, 6) is 0.613. The number of carbonyl (C=O) groups is 1. The summed E-state index contributed by atoms with van der Waals surface area (Å²) in [5, 5.41) is 10.3. The maximum atomic E-state index is 12.5. The number of amides is 2. The second-order valence-electron chi connectivity index (χ2n) is 8.08. The van der Waals surface area contributed by atoms with Crippen LogP contribution in [0.25, 0.3) is 0 Å². The average molecular weight is 420 g/mol. The number of hydrogen-bond donors (Lipinski definition) is 2. The lowest BCUT2D eigenvalue weighted by Crippen LogP contribution is -2.28. The van der Waals surface area contributed by atoms with E-state index in [1.165, 1.54) is 12.8 Å². The lowest BCUT2D eigenvalue weighted by Gasteiger charge is -2.15. The van der Waals surface area contributed by atoms with E-state index < -0.39 is 0 Å². The van der Waals surface area contributed by atoms with Crippen LogP contribution in [0, 0.1) is 13.8 Å². The Bertz CT molecular complexity index is 1040. The molecule has 7 nitrogen and oxygen atoms in total. The van der Waals surface area contributed by atoms with E-state index in [1.54, 1.807) is 6.20 Å². The largest absolute Gasteiger partial charge is 0.474 e. The van der Waals surface area contributed by atoms with Crippen LogP contribution in [0.1, 0.15) is 48.2 Å². The van der Waals surface area contributed by atoms with Crippen molar-refractivity contribution in [2.24, 2.45) is 0 Å². The fraction of sp³-hybridized carbons (Fsp3) is 0.375. The third kappa shape index (κ3) is 5.63. The van der Waals surface area contributed by atoms with Crippen LogP contribution in [0.3, 0.4) is 0 Å². The van der Waals surface area contributed by atoms with Crippen molar-refractivity contribution in [1.29, 1.82) is 0 Å². The number of nitrogens with one attached hydrogen (secondary N) is 2. The van der Waals surface area contributed by atoms with Crippen LogP contribution in [-0.4, -0.2) is 26.9 Å². The molecular weight excluding hydrogens is 390 g/mol. The molecule has 2 amide bonds. The maximum Gasteiger partial charge on any atom is 0.319 e. The van der Waals surface area contributed by atoms with E-state index in [1.807, 2.05) is 54.9 Å². The molecule has 0 saturated heterocycles. The Morgan fingerprint density at radius 1 is 1.16 bits per heavy atom. The van der Waals surface area contributed by atoms with Crippen LogP contribution < -0.4 is 15.4 Å². The molecular formula is C24H29N5O2. The minimum absolute atomic E-state index is 0.229. The molecule has 0 unspecified atom stereocenters. The number of rotatable bonds is 7. The summed E-state index contributed by atoms with van der Waals surface area (Å²) in [6.45, 7) is 5.04. The molecule has 4 rings (SSSR count). The number of nitrogens with zero attached hydrogens (tertiary/aromatic N) is 3. The molecule has 31 heavy (non-hydrogen) atoms. The molecule has 0 bridgehead atoms. The first-order valence-corrected chi connectivity index (χ1v) is 10.8. The smallest absolute Gasteiger partial charge is 0.319 e. The normalized spacial score (nSPS) is 13.9. The highest BCUT2D eigenvalue weighted by Crippen LogP contribution is 2.25. The fourth-order valence-corrected chi connectivity index (χ4v) is 3.94. The van der Waals surface area contributed by atoms with Crippen LogP contribution in [0.15, 0.2) is 48.7 Å². The number of ether oxygens (including phenoxy) is 1. The van der Waals surface area contributed by atoms with Gasteiger partial charge >= 0.3 is 6.03 Å². The summed E-state index contributed by atoms with van der Waals surface area (Å²) in [6, 6.07) is 13.4. The van der Waals surface area contributed by atoms with E-state index in [4.69, 9.17) is 4.74 Å². The van der Waals surface area contributed by atoms with E-state index in [0.29, 0.717) is 19.0 Å². The zero-order chi connectivity index (χ0) is 21.6. The topological polar surface area (TPSA) is 81.1 Å². The summed E-state index contributed by atoms with van der Waals surface area (Å²) >= 11 is 0. The van der Waals surface area contributed by atoms with Gasteiger partial charge in [0.05, 0.1) is 12.2 Å². The predicted octanol–water partition coefficient (Wildman–Crippen LogP) is 4.59. The monoisotopic (exact) mass is 419 g/mol. The van der Waals surface area contributed by atoms with Crippen molar-refractivity contribution in [3.63, 3.8) is 0 Å². The van der Waals surface area contributed by atoms with Crippen LogP contribution in [0.2, 0.25) is 0 Å². The molecule has 2 aromatic heterocycles.